The number of aryl methyl sites for hydroxylation is 1. The lowest BCUT2D eigenvalue weighted by molar-refractivity contribution is -0.120. The Morgan fingerprint density at radius 1 is 1.40 bits per heavy atom. The van der Waals surface area contributed by atoms with Crippen LogP contribution >= 0.6 is 0 Å². The van der Waals surface area contributed by atoms with E-state index in [2.05, 4.69) is 10.3 Å². The van der Waals surface area contributed by atoms with Crippen LogP contribution in [0.3, 0.4) is 0 Å². The summed E-state index contributed by atoms with van der Waals surface area (Å²) in [5.41, 5.74) is 8.39. The minimum Gasteiger partial charge on any atom is -0.379 e. The third kappa shape index (κ3) is 2.37. The average Bonchev–Trinajstić information content (AvgIpc) is 2.85. The molecule has 104 valence electrons. The fourth-order valence-electron chi connectivity index (χ4n) is 2.48. The molecule has 1 fully saturated rings. The van der Waals surface area contributed by atoms with Crippen LogP contribution in [-0.4, -0.2) is 30.1 Å². The van der Waals surface area contributed by atoms with Crippen molar-refractivity contribution in [3.05, 3.63) is 36.0 Å². The monoisotopic (exact) mass is 271 g/mol. The van der Waals surface area contributed by atoms with Gasteiger partial charge in [0.15, 0.2) is 0 Å². The molecule has 2 aromatic rings. The summed E-state index contributed by atoms with van der Waals surface area (Å²) in [6, 6.07) is 9.39. The van der Waals surface area contributed by atoms with Crippen molar-refractivity contribution < 1.29 is 9.53 Å². The van der Waals surface area contributed by atoms with E-state index < -0.39 is 0 Å². The van der Waals surface area contributed by atoms with E-state index in [1.165, 1.54) is 0 Å². The first-order valence-electron chi connectivity index (χ1n) is 6.66. The minimum atomic E-state index is -0.290. The van der Waals surface area contributed by atoms with Crippen LogP contribution in [0.4, 0.5) is 5.69 Å². The highest BCUT2D eigenvalue weighted by atomic mass is 16.5. The summed E-state index contributed by atoms with van der Waals surface area (Å²) >= 11 is 0. The van der Waals surface area contributed by atoms with E-state index in [0.29, 0.717) is 13.2 Å². The number of nitrogens with zero attached hydrogens (tertiary/aromatic N) is 1. The van der Waals surface area contributed by atoms with Gasteiger partial charge < -0.3 is 15.8 Å². The normalized spacial score (nSPS) is 22.1. The first-order chi connectivity index (χ1) is 9.65. The van der Waals surface area contributed by atoms with E-state index in [-0.39, 0.29) is 17.9 Å². The number of pyridine rings is 1. The molecule has 1 aliphatic heterocycles. The molecule has 2 heterocycles. The van der Waals surface area contributed by atoms with Crippen molar-refractivity contribution in [1.29, 1.82) is 0 Å². The summed E-state index contributed by atoms with van der Waals surface area (Å²) < 4.78 is 5.24. The van der Waals surface area contributed by atoms with Gasteiger partial charge in [0.25, 0.3) is 0 Å². The number of hydrogen-bond donors (Lipinski definition) is 2. The molecule has 1 amide bonds. The van der Waals surface area contributed by atoms with Crippen LogP contribution < -0.4 is 11.1 Å². The molecular formula is C15H17N3O2. The SMILES string of the molecule is Cc1cc(NC(=O)C2COCC2N)c2ccccc2n1. The maximum atomic E-state index is 12.3. The van der Waals surface area contributed by atoms with Gasteiger partial charge in [0, 0.05) is 17.1 Å². The smallest absolute Gasteiger partial charge is 0.231 e. The second-order valence-electron chi connectivity index (χ2n) is 5.13. The van der Waals surface area contributed by atoms with Gasteiger partial charge in [0.2, 0.25) is 5.91 Å². The highest BCUT2D eigenvalue weighted by molar-refractivity contribution is 6.02. The molecule has 1 aromatic heterocycles. The minimum absolute atomic E-state index is 0.0919. The number of fused-ring (bicyclic) bond motifs is 1. The number of anilines is 1. The summed E-state index contributed by atoms with van der Waals surface area (Å²) in [7, 11) is 0. The van der Waals surface area contributed by atoms with Crippen LogP contribution in [0.5, 0.6) is 0 Å². The lowest BCUT2D eigenvalue weighted by Crippen LogP contribution is -2.37. The molecule has 3 N–H and O–H groups in total. The third-order valence-electron chi connectivity index (χ3n) is 3.56. The van der Waals surface area contributed by atoms with Gasteiger partial charge in [-0.1, -0.05) is 18.2 Å². The first kappa shape index (κ1) is 13.0. The van der Waals surface area contributed by atoms with Gasteiger partial charge in [-0.15, -0.1) is 0 Å². The second-order valence-corrected chi connectivity index (χ2v) is 5.13. The molecule has 0 radical (unpaired) electrons. The lowest BCUT2D eigenvalue weighted by Gasteiger charge is -2.15. The van der Waals surface area contributed by atoms with Crippen molar-refractivity contribution in [2.75, 3.05) is 18.5 Å². The van der Waals surface area contributed by atoms with E-state index in [9.17, 15) is 4.79 Å². The van der Waals surface area contributed by atoms with Crippen LogP contribution in [0.25, 0.3) is 10.9 Å². The van der Waals surface area contributed by atoms with E-state index in [0.717, 1.165) is 22.3 Å². The number of aromatic nitrogens is 1. The van der Waals surface area contributed by atoms with E-state index in [1.807, 2.05) is 37.3 Å². The largest absolute Gasteiger partial charge is 0.379 e. The molecule has 2 atom stereocenters. The topological polar surface area (TPSA) is 77.2 Å². The zero-order valence-electron chi connectivity index (χ0n) is 11.3. The summed E-state index contributed by atoms with van der Waals surface area (Å²) in [6.45, 7) is 2.73. The molecule has 1 aliphatic rings. The number of carbonyl (C=O) groups excluding carboxylic acids is 1. The van der Waals surface area contributed by atoms with Crippen molar-refractivity contribution >= 4 is 22.5 Å². The molecule has 1 saturated heterocycles. The standard InChI is InChI=1S/C15H17N3O2/c1-9-6-14(10-4-2-3-5-13(10)17-9)18-15(19)11-7-20-8-12(11)16/h2-6,11-12H,7-8,16H2,1H3,(H,17,18,19). The first-order valence-corrected chi connectivity index (χ1v) is 6.66. The van der Waals surface area contributed by atoms with Crippen LogP contribution in [0.15, 0.2) is 30.3 Å². The molecule has 0 spiro atoms. The van der Waals surface area contributed by atoms with Crippen molar-refractivity contribution in [2.45, 2.75) is 13.0 Å². The molecular weight excluding hydrogens is 254 g/mol. The Labute approximate surface area is 117 Å². The van der Waals surface area contributed by atoms with Crippen LogP contribution in [-0.2, 0) is 9.53 Å². The summed E-state index contributed by atoms with van der Waals surface area (Å²) in [6.07, 6.45) is 0. The molecule has 1 aromatic carbocycles. The van der Waals surface area contributed by atoms with Crippen LogP contribution in [0, 0.1) is 12.8 Å². The predicted molar refractivity (Wildman–Crippen MR) is 77.4 cm³/mol. The summed E-state index contributed by atoms with van der Waals surface area (Å²) in [4.78, 5) is 16.7. The Bertz CT molecular complexity index is 657. The van der Waals surface area contributed by atoms with E-state index in [4.69, 9.17) is 10.5 Å². The summed E-state index contributed by atoms with van der Waals surface area (Å²) in [5, 5.41) is 3.89. The summed E-state index contributed by atoms with van der Waals surface area (Å²) in [5.74, 6) is -0.381. The average molecular weight is 271 g/mol. The number of nitrogens with two attached hydrogens (primary N) is 1. The number of para-hydroxylation sites is 1. The Morgan fingerprint density at radius 2 is 2.20 bits per heavy atom. The number of hydrogen-bond acceptors (Lipinski definition) is 4. The van der Waals surface area contributed by atoms with Gasteiger partial charge in [0.05, 0.1) is 30.3 Å². The maximum Gasteiger partial charge on any atom is 0.231 e. The zero-order valence-corrected chi connectivity index (χ0v) is 11.3. The van der Waals surface area contributed by atoms with Crippen LogP contribution in [0.2, 0.25) is 0 Å². The third-order valence-corrected chi connectivity index (χ3v) is 3.56. The van der Waals surface area contributed by atoms with Crippen molar-refractivity contribution in [3.63, 3.8) is 0 Å². The van der Waals surface area contributed by atoms with E-state index in [1.54, 1.807) is 0 Å². The Balaban J connectivity index is 1.92. The molecule has 3 rings (SSSR count). The Kier molecular flexibility index (Phi) is 3.38. The number of amides is 1. The maximum absolute atomic E-state index is 12.3. The number of benzene rings is 1. The van der Waals surface area contributed by atoms with Gasteiger partial charge in [0.1, 0.15) is 0 Å². The number of nitrogens with one attached hydrogen (secondary N) is 1. The zero-order chi connectivity index (χ0) is 14.1. The van der Waals surface area contributed by atoms with Gasteiger partial charge in [-0.3, -0.25) is 9.78 Å². The van der Waals surface area contributed by atoms with Crippen molar-refractivity contribution in [3.8, 4) is 0 Å². The fraction of sp³-hybridized carbons (Fsp3) is 0.333. The number of rotatable bonds is 2. The molecule has 20 heavy (non-hydrogen) atoms. The predicted octanol–water partition coefficient (Wildman–Crippen LogP) is 1.46. The highest BCUT2D eigenvalue weighted by Crippen LogP contribution is 2.24. The van der Waals surface area contributed by atoms with Crippen LogP contribution in [0.1, 0.15) is 5.69 Å². The number of ether oxygens (including phenoxy) is 1. The molecule has 2 unspecified atom stereocenters. The second kappa shape index (κ2) is 5.19. The lowest BCUT2D eigenvalue weighted by atomic mass is 10.0. The molecule has 5 nitrogen and oxygen atoms in total. The fourth-order valence-corrected chi connectivity index (χ4v) is 2.48. The Morgan fingerprint density at radius 3 is 2.95 bits per heavy atom. The molecule has 0 bridgehead atoms. The van der Waals surface area contributed by atoms with Gasteiger partial charge in [-0.25, -0.2) is 0 Å². The van der Waals surface area contributed by atoms with Gasteiger partial charge in [-0.2, -0.15) is 0 Å². The molecule has 0 saturated carbocycles. The molecule has 5 heteroatoms. The van der Waals surface area contributed by atoms with Crippen molar-refractivity contribution in [1.82, 2.24) is 4.98 Å². The van der Waals surface area contributed by atoms with Crippen molar-refractivity contribution in [2.24, 2.45) is 11.7 Å². The Hall–Kier alpha value is -1.98. The van der Waals surface area contributed by atoms with E-state index >= 15 is 0 Å². The quantitative estimate of drug-likeness (QED) is 0.866. The molecule has 0 aliphatic carbocycles. The highest BCUT2D eigenvalue weighted by Gasteiger charge is 2.31. The number of carbonyl (C=O) groups is 1. The van der Waals surface area contributed by atoms with Gasteiger partial charge in [-0.05, 0) is 19.1 Å². The van der Waals surface area contributed by atoms with Gasteiger partial charge >= 0.3 is 0 Å².